The Balaban J connectivity index is 3.11. The number of rotatable bonds is 2. The van der Waals surface area contributed by atoms with Crippen LogP contribution < -0.4 is 0 Å². The number of carbonyl (C=O) groups is 1. The number of allylic oxidation sites excluding steroid dienone is 1. The summed E-state index contributed by atoms with van der Waals surface area (Å²) in [5, 5.41) is 0. The van der Waals surface area contributed by atoms with Gasteiger partial charge in [-0.3, -0.25) is 4.79 Å². The Labute approximate surface area is 72.7 Å². The van der Waals surface area contributed by atoms with Crippen molar-refractivity contribution in [1.82, 2.24) is 0 Å². The molecule has 1 aromatic rings. The molecule has 0 N–H and O–H groups in total. The first-order chi connectivity index (χ1) is 5.63. The molecule has 62 valence electrons. The summed E-state index contributed by atoms with van der Waals surface area (Å²) >= 11 is 0. The van der Waals surface area contributed by atoms with Crippen LogP contribution in [0.1, 0.15) is 18.1 Å². The number of aryl methyl sites for hydroxylation is 1. The van der Waals surface area contributed by atoms with Crippen molar-refractivity contribution in [2.45, 2.75) is 13.8 Å². The van der Waals surface area contributed by atoms with Gasteiger partial charge in [0.05, 0.1) is 0 Å². The fraction of sp³-hybridized carbons (Fsp3) is 0.182. The summed E-state index contributed by atoms with van der Waals surface area (Å²) < 4.78 is 0. The lowest BCUT2D eigenvalue weighted by atomic mass is 10.00. The highest BCUT2D eigenvalue weighted by Crippen LogP contribution is 2.16. The van der Waals surface area contributed by atoms with Crippen LogP contribution in [0.2, 0.25) is 0 Å². The lowest BCUT2D eigenvalue weighted by Crippen LogP contribution is -1.95. The van der Waals surface area contributed by atoms with E-state index in [9.17, 15) is 4.79 Å². The average molecular weight is 160 g/mol. The van der Waals surface area contributed by atoms with Gasteiger partial charge in [-0.15, -0.1) is 0 Å². The van der Waals surface area contributed by atoms with Crippen molar-refractivity contribution in [2.24, 2.45) is 0 Å². The van der Waals surface area contributed by atoms with Gasteiger partial charge in [0.15, 0.2) is 5.78 Å². The summed E-state index contributed by atoms with van der Waals surface area (Å²) in [7, 11) is 0. The number of ketones is 1. The SMILES string of the molecule is C=C(C(C)=O)c1ccccc1C. The van der Waals surface area contributed by atoms with E-state index in [-0.39, 0.29) is 5.78 Å². The molecular weight excluding hydrogens is 148 g/mol. The smallest absolute Gasteiger partial charge is 0.159 e. The Morgan fingerprint density at radius 2 is 1.92 bits per heavy atom. The van der Waals surface area contributed by atoms with E-state index < -0.39 is 0 Å². The second-order valence-corrected chi connectivity index (χ2v) is 2.85. The summed E-state index contributed by atoms with van der Waals surface area (Å²) in [5.41, 5.74) is 2.64. The summed E-state index contributed by atoms with van der Waals surface area (Å²) in [5.74, 6) is 0.0318. The van der Waals surface area contributed by atoms with E-state index in [0.717, 1.165) is 11.1 Å². The van der Waals surface area contributed by atoms with Gasteiger partial charge in [0.2, 0.25) is 0 Å². The number of Topliss-reactive ketones (excluding diaryl/α,β-unsaturated/α-hetero) is 1. The van der Waals surface area contributed by atoms with Crippen molar-refractivity contribution >= 4 is 11.4 Å². The van der Waals surface area contributed by atoms with Gasteiger partial charge in [0.1, 0.15) is 0 Å². The van der Waals surface area contributed by atoms with Crippen molar-refractivity contribution in [3.63, 3.8) is 0 Å². The van der Waals surface area contributed by atoms with Crippen molar-refractivity contribution in [3.8, 4) is 0 Å². The third-order valence-electron chi connectivity index (χ3n) is 1.90. The topological polar surface area (TPSA) is 17.1 Å². The maximum atomic E-state index is 11.0. The van der Waals surface area contributed by atoms with Crippen LogP contribution in [-0.4, -0.2) is 5.78 Å². The normalized spacial score (nSPS) is 9.50. The van der Waals surface area contributed by atoms with Gasteiger partial charge in [-0.05, 0) is 25.0 Å². The summed E-state index contributed by atoms with van der Waals surface area (Å²) in [4.78, 5) is 11.0. The van der Waals surface area contributed by atoms with E-state index >= 15 is 0 Å². The molecule has 0 saturated heterocycles. The number of hydrogen-bond donors (Lipinski definition) is 0. The molecule has 1 aromatic carbocycles. The molecule has 0 saturated carbocycles. The second kappa shape index (κ2) is 3.35. The quantitative estimate of drug-likeness (QED) is 0.608. The minimum absolute atomic E-state index is 0.0318. The van der Waals surface area contributed by atoms with E-state index in [0.29, 0.717) is 5.57 Å². The standard InChI is InChI=1S/C11H12O/c1-8-6-4-5-7-11(8)9(2)10(3)12/h4-7H,2H2,1,3H3. The van der Waals surface area contributed by atoms with E-state index in [1.54, 1.807) is 0 Å². The third kappa shape index (κ3) is 1.62. The van der Waals surface area contributed by atoms with Crippen molar-refractivity contribution < 1.29 is 4.79 Å². The molecule has 12 heavy (non-hydrogen) atoms. The number of carbonyl (C=O) groups excluding carboxylic acids is 1. The van der Waals surface area contributed by atoms with Crippen LogP contribution in [0.3, 0.4) is 0 Å². The van der Waals surface area contributed by atoms with Gasteiger partial charge in [0, 0.05) is 5.57 Å². The zero-order chi connectivity index (χ0) is 9.14. The van der Waals surface area contributed by atoms with Gasteiger partial charge in [-0.25, -0.2) is 0 Å². The van der Waals surface area contributed by atoms with Crippen molar-refractivity contribution in [3.05, 3.63) is 42.0 Å². The molecule has 0 aliphatic carbocycles. The molecule has 0 radical (unpaired) electrons. The summed E-state index contributed by atoms with van der Waals surface area (Å²) in [6.45, 7) is 7.25. The first-order valence-electron chi connectivity index (χ1n) is 3.89. The van der Waals surface area contributed by atoms with Crippen LogP contribution in [0, 0.1) is 6.92 Å². The van der Waals surface area contributed by atoms with Crippen molar-refractivity contribution in [1.29, 1.82) is 0 Å². The molecule has 1 rings (SSSR count). The zero-order valence-corrected chi connectivity index (χ0v) is 7.42. The summed E-state index contributed by atoms with van der Waals surface area (Å²) in [6, 6.07) is 7.76. The Morgan fingerprint density at radius 1 is 1.33 bits per heavy atom. The van der Waals surface area contributed by atoms with E-state index in [1.807, 2.05) is 31.2 Å². The molecular formula is C11H12O. The van der Waals surface area contributed by atoms with Crippen molar-refractivity contribution in [2.75, 3.05) is 0 Å². The van der Waals surface area contributed by atoms with Crippen LogP contribution in [0.4, 0.5) is 0 Å². The van der Waals surface area contributed by atoms with Gasteiger partial charge < -0.3 is 0 Å². The second-order valence-electron chi connectivity index (χ2n) is 2.85. The molecule has 0 aliphatic rings. The molecule has 0 aromatic heterocycles. The average Bonchev–Trinajstić information content (AvgIpc) is 2.04. The Morgan fingerprint density at radius 3 is 2.42 bits per heavy atom. The number of benzene rings is 1. The fourth-order valence-electron chi connectivity index (χ4n) is 1.10. The molecule has 0 spiro atoms. The molecule has 0 atom stereocenters. The Kier molecular flexibility index (Phi) is 2.44. The Bertz CT molecular complexity index is 324. The maximum absolute atomic E-state index is 11.0. The maximum Gasteiger partial charge on any atom is 0.159 e. The van der Waals surface area contributed by atoms with Gasteiger partial charge in [-0.1, -0.05) is 30.8 Å². The highest BCUT2D eigenvalue weighted by molar-refractivity contribution is 6.19. The predicted octanol–water partition coefficient (Wildman–Crippen LogP) is 2.60. The molecule has 0 amide bonds. The lowest BCUT2D eigenvalue weighted by molar-refractivity contribution is -0.111. The van der Waals surface area contributed by atoms with Crippen LogP contribution in [0.15, 0.2) is 30.8 Å². The molecule has 0 heterocycles. The van der Waals surface area contributed by atoms with Gasteiger partial charge >= 0.3 is 0 Å². The first kappa shape index (κ1) is 8.72. The minimum atomic E-state index is 0.0318. The monoisotopic (exact) mass is 160 g/mol. The first-order valence-corrected chi connectivity index (χ1v) is 3.89. The Hall–Kier alpha value is -1.37. The third-order valence-corrected chi connectivity index (χ3v) is 1.90. The predicted molar refractivity (Wildman–Crippen MR) is 50.9 cm³/mol. The summed E-state index contributed by atoms with van der Waals surface area (Å²) in [6.07, 6.45) is 0. The minimum Gasteiger partial charge on any atom is -0.295 e. The molecule has 0 bridgehead atoms. The molecule has 0 unspecified atom stereocenters. The van der Waals surface area contributed by atoms with Gasteiger partial charge in [-0.2, -0.15) is 0 Å². The van der Waals surface area contributed by atoms with Crippen LogP contribution in [0.5, 0.6) is 0 Å². The van der Waals surface area contributed by atoms with Crippen LogP contribution in [0.25, 0.3) is 5.57 Å². The zero-order valence-electron chi connectivity index (χ0n) is 7.42. The highest BCUT2D eigenvalue weighted by atomic mass is 16.1. The van der Waals surface area contributed by atoms with E-state index in [4.69, 9.17) is 0 Å². The van der Waals surface area contributed by atoms with Crippen LogP contribution in [-0.2, 0) is 4.79 Å². The number of hydrogen-bond acceptors (Lipinski definition) is 1. The van der Waals surface area contributed by atoms with Crippen LogP contribution >= 0.6 is 0 Å². The molecule has 1 nitrogen and oxygen atoms in total. The van der Waals surface area contributed by atoms with Gasteiger partial charge in [0.25, 0.3) is 0 Å². The van der Waals surface area contributed by atoms with E-state index in [1.165, 1.54) is 6.92 Å². The highest BCUT2D eigenvalue weighted by Gasteiger charge is 2.05. The lowest BCUT2D eigenvalue weighted by Gasteiger charge is -2.04. The molecule has 0 aliphatic heterocycles. The molecule has 1 heteroatoms. The fourth-order valence-corrected chi connectivity index (χ4v) is 1.10. The molecule has 0 fully saturated rings. The van der Waals surface area contributed by atoms with E-state index in [2.05, 4.69) is 6.58 Å². The largest absolute Gasteiger partial charge is 0.295 e.